The van der Waals surface area contributed by atoms with Gasteiger partial charge in [-0.1, -0.05) is 11.6 Å². The van der Waals surface area contributed by atoms with Crippen LogP contribution in [0.4, 0.5) is 5.69 Å². The summed E-state index contributed by atoms with van der Waals surface area (Å²) in [4.78, 5) is 17.7. The maximum atomic E-state index is 12.5. The number of rotatable bonds is 5. The molecule has 1 amide bonds. The molecule has 5 nitrogen and oxygen atoms in total. The second-order valence-electron chi connectivity index (χ2n) is 7.17. The third kappa shape index (κ3) is 4.80. The van der Waals surface area contributed by atoms with Gasteiger partial charge in [-0.05, 0) is 109 Å². The first-order valence-electron chi connectivity index (χ1n) is 10.0. The van der Waals surface area contributed by atoms with Crippen LogP contribution in [0.3, 0.4) is 0 Å². The molecule has 0 radical (unpaired) electrons. The molecule has 1 fully saturated rings. The predicted molar refractivity (Wildman–Crippen MR) is 136 cm³/mol. The smallest absolute Gasteiger partial charge is 0.264 e. The Morgan fingerprint density at radius 1 is 1.19 bits per heavy atom. The summed E-state index contributed by atoms with van der Waals surface area (Å²) in [7, 11) is 0. The molecule has 164 valence electrons. The van der Waals surface area contributed by atoms with E-state index in [1.165, 1.54) is 11.8 Å². The average Bonchev–Trinajstić information content (AvgIpc) is 3.24. The Kier molecular flexibility index (Phi) is 6.79. The summed E-state index contributed by atoms with van der Waals surface area (Å²) in [5, 5.41) is 4.05. The first kappa shape index (κ1) is 22.7. The number of aromatic nitrogens is 1. The zero-order valence-electron chi connectivity index (χ0n) is 17.8. The van der Waals surface area contributed by atoms with Gasteiger partial charge in [0, 0.05) is 21.5 Å². The minimum absolute atomic E-state index is 0.156. The van der Waals surface area contributed by atoms with Gasteiger partial charge in [-0.2, -0.15) is 0 Å². The van der Waals surface area contributed by atoms with Crippen LogP contribution in [-0.4, -0.2) is 22.2 Å². The Morgan fingerprint density at radius 2 is 1.94 bits per heavy atom. The van der Waals surface area contributed by atoms with Crippen LogP contribution in [0, 0.1) is 13.8 Å². The van der Waals surface area contributed by atoms with Crippen LogP contribution in [0.2, 0.25) is 5.02 Å². The molecule has 4 rings (SSSR count). The molecule has 1 aliphatic rings. The second kappa shape index (κ2) is 9.57. The number of thioether (sulfide) groups is 1. The summed E-state index contributed by atoms with van der Waals surface area (Å²) in [5.74, 6) is 0.638. The Hall–Kier alpha value is -2.48. The predicted octanol–water partition coefficient (Wildman–Crippen LogP) is 6.80. The summed E-state index contributed by atoms with van der Waals surface area (Å²) in [6.45, 7) is 6.62. The minimum atomic E-state index is -0.156. The molecule has 0 bridgehead atoms. The summed E-state index contributed by atoms with van der Waals surface area (Å²) in [5.41, 5.74) is 4.78. The number of carbonyl (C=O) groups excluding carboxylic acids is 1. The van der Waals surface area contributed by atoms with E-state index in [4.69, 9.17) is 16.3 Å². The quantitative estimate of drug-likeness (QED) is 0.369. The van der Waals surface area contributed by atoms with Gasteiger partial charge in [0.1, 0.15) is 5.75 Å². The van der Waals surface area contributed by atoms with Gasteiger partial charge in [-0.3, -0.25) is 4.79 Å². The normalized spacial score (nSPS) is 16.1. The molecular weight excluding hydrogens is 510 g/mol. The van der Waals surface area contributed by atoms with Crippen molar-refractivity contribution in [1.82, 2.24) is 9.88 Å². The van der Waals surface area contributed by atoms with Crippen LogP contribution in [0.5, 0.6) is 5.75 Å². The number of hydrogen-bond acceptors (Lipinski definition) is 4. The molecule has 3 aromatic rings. The Bertz CT molecular complexity index is 1250. The van der Waals surface area contributed by atoms with Crippen molar-refractivity contribution in [2.75, 3.05) is 6.61 Å². The number of ether oxygens (including phenoxy) is 1. The van der Waals surface area contributed by atoms with E-state index in [2.05, 4.69) is 36.9 Å². The van der Waals surface area contributed by atoms with Gasteiger partial charge in [0.25, 0.3) is 5.91 Å². The molecule has 0 unspecified atom stereocenters. The third-order valence-corrected chi connectivity index (χ3v) is 7.09. The minimum Gasteiger partial charge on any atom is -0.494 e. The largest absolute Gasteiger partial charge is 0.494 e. The van der Waals surface area contributed by atoms with Crippen LogP contribution < -0.4 is 10.1 Å². The van der Waals surface area contributed by atoms with Crippen molar-refractivity contribution in [2.45, 2.75) is 20.8 Å². The lowest BCUT2D eigenvalue weighted by atomic mass is 10.2. The molecule has 2 heterocycles. The Balaban J connectivity index is 1.59. The van der Waals surface area contributed by atoms with Crippen molar-refractivity contribution in [2.24, 2.45) is 4.99 Å². The number of hydrogen-bond donors (Lipinski definition) is 1. The van der Waals surface area contributed by atoms with Crippen molar-refractivity contribution in [3.05, 3.63) is 79.9 Å². The highest BCUT2D eigenvalue weighted by Crippen LogP contribution is 2.32. The Morgan fingerprint density at radius 3 is 2.62 bits per heavy atom. The fourth-order valence-corrected chi connectivity index (χ4v) is 4.73. The lowest BCUT2D eigenvalue weighted by Gasteiger charge is -2.10. The number of aliphatic imine (C=N–C) groups is 1. The van der Waals surface area contributed by atoms with Gasteiger partial charge in [0.15, 0.2) is 5.17 Å². The Labute approximate surface area is 204 Å². The summed E-state index contributed by atoms with van der Waals surface area (Å²) >= 11 is 11.1. The average molecular weight is 531 g/mol. The number of aryl methyl sites for hydroxylation is 1. The third-order valence-electron chi connectivity index (χ3n) is 4.95. The fraction of sp³-hybridized carbons (Fsp3) is 0.167. The van der Waals surface area contributed by atoms with Crippen LogP contribution in [-0.2, 0) is 4.79 Å². The maximum absolute atomic E-state index is 12.5. The first-order chi connectivity index (χ1) is 15.4. The lowest BCUT2D eigenvalue weighted by molar-refractivity contribution is -0.115. The van der Waals surface area contributed by atoms with Gasteiger partial charge < -0.3 is 14.6 Å². The van der Waals surface area contributed by atoms with Crippen LogP contribution >= 0.6 is 39.3 Å². The van der Waals surface area contributed by atoms with E-state index < -0.39 is 0 Å². The lowest BCUT2D eigenvalue weighted by Crippen LogP contribution is -2.19. The van der Waals surface area contributed by atoms with Crippen LogP contribution in [0.1, 0.15) is 23.9 Å². The molecular formula is C24H21BrClN3O2S. The number of benzene rings is 2. The van der Waals surface area contributed by atoms with E-state index in [0.717, 1.165) is 38.5 Å². The molecule has 2 aromatic carbocycles. The van der Waals surface area contributed by atoms with E-state index in [9.17, 15) is 4.79 Å². The number of halogens is 2. The highest BCUT2D eigenvalue weighted by Gasteiger charge is 2.24. The summed E-state index contributed by atoms with van der Waals surface area (Å²) in [6.07, 6.45) is 1.90. The molecule has 0 saturated carbocycles. The van der Waals surface area contributed by atoms with E-state index in [1.54, 1.807) is 0 Å². The van der Waals surface area contributed by atoms with Crippen molar-refractivity contribution >= 4 is 62.1 Å². The number of carbonyl (C=O) groups is 1. The molecule has 0 spiro atoms. The molecule has 0 aliphatic carbocycles. The number of nitrogens with one attached hydrogen (secondary N) is 1. The molecule has 0 atom stereocenters. The molecule has 32 heavy (non-hydrogen) atoms. The second-order valence-corrected chi connectivity index (χ2v) is 9.46. The van der Waals surface area contributed by atoms with E-state index in [0.29, 0.717) is 21.7 Å². The van der Waals surface area contributed by atoms with Crippen molar-refractivity contribution in [3.63, 3.8) is 0 Å². The van der Waals surface area contributed by atoms with Crippen molar-refractivity contribution in [1.29, 1.82) is 0 Å². The molecule has 1 saturated heterocycles. The molecule has 1 aromatic heterocycles. The SMILES string of the molecule is CCOc1ccc(N=C2NC(=O)/C(=C\c3cc(C)n(-c4ccc(Br)c(Cl)c4)c3C)S2)cc1. The van der Waals surface area contributed by atoms with Crippen molar-refractivity contribution in [3.8, 4) is 11.4 Å². The van der Waals surface area contributed by atoms with Gasteiger partial charge in [-0.25, -0.2) is 4.99 Å². The molecule has 1 N–H and O–H groups in total. The monoisotopic (exact) mass is 529 g/mol. The number of amides is 1. The topological polar surface area (TPSA) is 55.6 Å². The standard InChI is InChI=1S/C24H21BrClN3O2S/c1-4-31-19-8-5-17(6-9-19)27-24-28-23(30)22(32-24)12-16-11-14(2)29(15(16)3)18-7-10-20(25)21(26)13-18/h5-13H,4H2,1-3H3,(H,27,28,30)/b22-12+. The maximum Gasteiger partial charge on any atom is 0.264 e. The van der Waals surface area contributed by atoms with Crippen LogP contribution in [0.25, 0.3) is 11.8 Å². The molecule has 8 heteroatoms. The van der Waals surface area contributed by atoms with Crippen molar-refractivity contribution < 1.29 is 9.53 Å². The van der Waals surface area contributed by atoms with Crippen LogP contribution in [0.15, 0.2) is 62.9 Å². The zero-order valence-corrected chi connectivity index (χ0v) is 20.9. The molecule has 1 aliphatic heterocycles. The fourth-order valence-electron chi connectivity index (χ4n) is 3.48. The van der Waals surface area contributed by atoms with E-state index >= 15 is 0 Å². The highest BCUT2D eigenvalue weighted by molar-refractivity contribution is 9.10. The van der Waals surface area contributed by atoms with Gasteiger partial charge in [0.2, 0.25) is 0 Å². The highest BCUT2D eigenvalue weighted by atomic mass is 79.9. The summed E-state index contributed by atoms with van der Waals surface area (Å²) < 4.78 is 8.43. The van der Waals surface area contributed by atoms with Gasteiger partial charge in [-0.15, -0.1) is 0 Å². The first-order valence-corrected chi connectivity index (χ1v) is 12.0. The zero-order chi connectivity index (χ0) is 22.8. The summed E-state index contributed by atoms with van der Waals surface area (Å²) in [6, 6.07) is 15.4. The van der Waals surface area contributed by atoms with Gasteiger partial charge in [0.05, 0.1) is 22.2 Å². The number of nitrogens with zero attached hydrogens (tertiary/aromatic N) is 2. The van der Waals surface area contributed by atoms with E-state index in [1.807, 2.05) is 69.3 Å². The van der Waals surface area contributed by atoms with Gasteiger partial charge >= 0.3 is 0 Å². The number of amidine groups is 1. The van der Waals surface area contributed by atoms with E-state index in [-0.39, 0.29) is 5.91 Å².